The molecule has 1 rings (SSSR count). The quantitative estimate of drug-likeness (QED) is 0.781. The van der Waals surface area contributed by atoms with E-state index >= 15 is 0 Å². The van der Waals surface area contributed by atoms with Crippen LogP contribution in [0.5, 0.6) is 0 Å². The summed E-state index contributed by atoms with van der Waals surface area (Å²) in [6.07, 6.45) is 0.0735. The molecule has 94 valence electrons. The standard InChI is InChI=1S/C11H12F2O3S/c1-3-11(14)7(2)17(15,16)8-4-5-9(12)10(13)6-8/h4-7H,3H2,1-2H3. The SMILES string of the molecule is CCC(=O)C(C)S(=O)(=O)c1ccc(F)c(F)c1. The molecule has 0 saturated carbocycles. The van der Waals surface area contributed by atoms with E-state index < -0.39 is 32.5 Å². The Bertz CT molecular complexity index is 538. The second kappa shape index (κ2) is 4.91. The van der Waals surface area contributed by atoms with Crippen LogP contribution in [0.1, 0.15) is 20.3 Å². The fraction of sp³-hybridized carbons (Fsp3) is 0.364. The number of hydrogen-bond acceptors (Lipinski definition) is 3. The third-order valence-electron chi connectivity index (χ3n) is 2.49. The number of benzene rings is 1. The molecule has 17 heavy (non-hydrogen) atoms. The van der Waals surface area contributed by atoms with Gasteiger partial charge < -0.3 is 0 Å². The third-order valence-corrected chi connectivity index (χ3v) is 4.59. The molecule has 1 unspecified atom stereocenters. The fourth-order valence-corrected chi connectivity index (χ4v) is 2.76. The molecular formula is C11H12F2O3S. The molecule has 0 N–H and O–H groups in total. The van der Waals surface area contributed by atoms with Crippen molar-refractivity contribution in [2.24, 2.45) is 0 Å². The molecule has 0 aliphatic heterocycles. The van der Waals surface area contributed by atoms with Crippen molar-refractivity contribution in [2.75, 3.05) is 0 Å². The highest BCUT2D eigenvalue weighted by Crippen LogP contribution is 2.19. The Balaban J connectivity index is 3.22. The summed E-state index contributed by atoms with van der Waals surface area (Å²) in [5.74, 6) is -2.84. The summed E-state index contributed by atoms with van der Waals surface area (Å²) in [7, 11) is -3.95. The first-order valence-electron chi connectivity index (χ1n) is 5.02. The van der Waals surface area contributed by atoms with Crippen molar-refractivity contribution in [3.05, 3.63) is 29.8 Å². The van der Waals surface area contributed by atoms with E-state index in [0.29, 0.717) is 6.07 Å². The van der Waals surface area contributed by atoms with Crippen molar-refractivity contribution in [3.8, 4) is 0 Å². The van der Waals surface area contributed by atoms with Crippen molar-refractivity contribution >= 4 is 15.6 Å². The molecule has 0 saturated heterocycles. The number of carbonyl (C=O) groups excluding carboxylic acids is 1. The van der Waals surface area contributed by atoms with Crippen LogP contribution < -0.4 is 0 Å². The van der Waals surface area contributed by atoms with E-state index in [-0.39, 0.29) is 11.3 Å². The molecule has 0 aliphatic carbocycles. The first-order chi connectivity index (χ1) is 7.80. The topological polar surface area (TPSA) is 51.2 Å². The maximum Gasteiger partial charge on any atom is 0.188 e. The van der Waals surface area contributed by atoms with E-state index in [9.17, 15) is 22.0 Å². The maximum absolute atomic E-state index is 12.9. The predicted octanol–water partition coefficient (Wildman–Crippen LogP) is 2.11. The molecule has 1 aromatic carbocycles. The highest BCUT2D eigenvalue weighted by Gasteiger charge is 2.29. The summed E-state index contributed by atoms with van der Waals surface area (Å²) in [6, 6.07) is 2.27. The Hall–Kier alpha value is -1.30. The van der Waals surface area contributed by atoms with Gasteiger partial charge in [0.25, 0.3) is 0 Å². The van der Waals surface area contributed by atoms with Gasteiger partial charge in [-0.1, -0.05) is 6.92 Å². The van der Waals surface area contributed by atoms with Gasteiger partial charge in [-0.15, -0.1) is 0 Å². The summed E-state index contributed by atoms with van der Waals surface area (Å²) in [5, 5.41) is -1.25. The minimum Gasteiger partial charge on any atom is -0.298 e. The number of ketones is 1. The molecule has 0 amide bonds. The van der Waals surface area contributed by atoms with Crippen LogP contribution in [0, 0.1) is 11.6 Å². The van der Waals surface area contributed by atoms with Gasteiger partial charge in [-0.05, 0) is 25.1 Å². The van der Waals surface area contributed by atoms with Gasteiger partial charge in [0.2, 0.25) is 0 Å². The zero-order chi connectivity index (χ0) is 13.2. The van der Waals surface area contributed by atoms with Gasteiger partial charge in [0.05, 0.1) is 4.90 Å². The summed E-state index contributed by atoms with van der Waals surface area (Å²) in [5.41, 5.74) is 0. The Morgan fingerprint density at radius 2 is 1.88 bits per heavy atom. The number of rotatable bonds is 4. The first-order valence-corrected chi connectivity index (χ1v) is 6.57. The molecular weight excluding hydrogens is 250 g/mol. The number of halogens is 2. The number of carbonyl (C=O) groups is 1. The molecule has 6 heteroatoms. The molecule has 0 spiro atoms. The van der Waals surface area contributed by atoms with Gasteiger partial charge >= 0.3 is 0 Å². The van der Waals surface area contributed by atoms with Crippen LogP contribution in [0.15, 0.2) is 23.1 Å². The maximum atomic E-state index is 12.9. The van der Waals surface area contributed by atoms with E-state index in [1.54, 1.807) is 6.92 Å². The largest absolute Gasteiger partial charge is 0.298 e. The summed E-state index contributed by atoms with van der Waals surface area (Å²) in [6.45, 7) is 2.78. The van der Waals surface area contributed by atoms with Crippen molar-refractivity contribution in [1.82, 2.24) is 0 Å². The Kier molecular flexibility index (Phi) is 3.98. The van der Waals surface area contributed by atoms with E-state index in [1.165, 1.54) is 6.92 Å². The average Bonchev–Trinajstić information content (AvgIpc) is 2.30. The smallest absolute Gasteiger partial charge is 0.188 e. The highest BCUT2D eigenvalue weighted by atomic mass is 32.2. The molecule has 0 fully saturated rings. The van der Waals surface area contributed by atoms with Crippen molar-refractivity contribution in [3.63, 3.8) is 0 Å². The molecule has 1 aromatic rings. The van der Waals surface area contributed by atoms with Gasteiger partial charge in [-0.3, -0.25) is 4.79 Å². The molecule has 0 radical (unpaired) electrons. The Morgan fingerprint density at radius 1 is 1.29 bits per heavy atom. The Morgan fingerprint density at radius 3 is 2.35 bits per heavy atom. The number of hydrogen-bond donors (Lipinski definition) is 0. The van der Waals surface area contributed by atoms with Crippen molar-refractivity contribution in [1.29, 1.82) is 0 Å². The number of sulfone groups is 1. The van der Waals surface area contributed by atoms with Crippen LogP contribution in [-0.4, -0.2) is 19.5 Å². The van der Waals surface area contributed by atoms with Crippen molar-refractivity contribution < 1.29 is 22.0 Å². The molecule has 0 aliphatic rings. The fourth-order valence-electron chi connectivity index (χ4n) is 1.32. The van der Waals surface area contributed by atoms with Gasteiger partial charge in [0.15, 0.2) is 27.3 Å². The molecule has 0 aromatic heterocycles. The summed E-state index contributed by atoms with van der Waals surface area (Å²) >= 11 is 0. The van der Waals surface area contributed by atoms with Crippen LogP contribution in [0.4, 0.5) is 8.78 Å². The average molecular weight is 262 g/mol. The zero-order valence-electron chi connectivity index (χ0n) is 9.41. The summed E-state index contributed by atoms with van der Waals surface area (Å²) < 4.78 is 49.4. The summed E-state index contributed by atoms with van der Waals surface area (Å²) in [4.78, 5) is 11.0. The van der Waals surface area contributed by atoms with Gasteiger partial charge in [-0.25, -0.2) is 17.2 Å². The zero-order valence-corrected chi connectivity index (χ0v) is 10.2. The van der Waals surface area contributed by atoms with Gasteiger partial charge in [-0.2, -0.15) is 0 Å². The minimum atomic E-state index is -3.95. The molecule has 3 nitrogen and oxygen atoms in total. The monoisotopic (exact) mass is 262 g/mol. The molecule has 0 heterocycles. The minimum absolute atomic E-state index is 0.0735. The predicted molar refractivity (Wildman–Crippen MR) is 58.3 cm³/mol. The second-order valence-corrected chi connectivity index (χ2v) is 5.85. The van der Waals surface area contributed by atoms with Crippen molar-refractivity contribution in [2.45, 2.75) is 30.4 Å². The van der Waals surface area contributed by atoms with Crippen LogP contribution in [-0.2, 0) is 14.6 Å². The van der Waals surface area contributed by atoms with Crippen LogP contribution >= 0.6 is 0 Å². The van der Waals surface area contributed by atoms with Crippen LogP contribution in [0.2, 0.25) is 0 Å². The second-order valence-electron chi connectivity index (χ2n) is 3.58. The highest BCUT2D eigenvalue weighted by molar-refractivity contribution is 7.92. The van der Waals surface area contributed by atoms with E-state index in [0.717, 1.165) is 12.1 Å². The lowest BCUT2D eigenvalue weighted by molar-refractivity contribution is -0.118. The first kappa shape index (κ1) is 13.8. The molecule has 1 atom stereocenters. The van der Waals surface area contributed by atoms with Crippen LogP contribution in [0.3, 0.4) is 0 Å². The lowest BCUT2D eigenvalue weighted by atomic mass is 10.2. The van der Waals surface area contributed by atoms with Crippen LogP contribution in [0.25, 0.3) is 0 Å². The number of Topliss-reactive ketones (excluding diaryl/α,β-unsaturated/α-hetero) is 1. The van der Waals surface area contributed by atoms with E-state index in [1.807, 2.05) is 0 Å². The third kappa shape index (κ3) is 2.69. The van der Waals surface area contributed by atoms with Gasteiger partial charge in [0.1, 0.15) is 5.25 Å². The Labute approximate surface area is 98.4 Å². The lowest BCUT2D eigenvalue weighted by Crippen LogP contribution is -2.26. The van der Waals surface area contributed by atoms with E-state index in [2.05, 4.69) is 0 Å². The van der Waals surface area contributed by atoms with Gasteiger partial charge in [0, 0.05) is 6.42 Å². The normalized spacial score (nSPS) is 13.4. The molecule has 0 bridgehead atoms. The lowest BCUT2D eigenvalue weighted by Gasteiger charge is -2.11. The van der Waals surface area contributed by atoms with E-state index in [4.69, 9.17) is 0 Å².